The van der Waals surface area contributed by atoms with Crippen LogP contribution in [0.25, 0.3) is 11.6 Å². The van der Waals surface area contributed by atoms with Gasteiger partial charge in [-0.1, -0.05) is 24.4 Å². The highest BCUT2D eigenvalue weighted by atomic mass is 16.5. The molecule has 0 bridgehead atoms. The van der Waals surface area contributed by atoms with Crippen LogP contribution in [0.1, 0.15) is 62.6 Å². The third-order valence-corrected chi connectivity index (χ3v) is 4.32. The highest BCUT2D eigenvalue weighted by Gasteiger charge is 2.28. The van der Waals surface area contributed by atoms with Crippen LogP contribution in [0.5, 0.6) is 0 Å². The second-order valence-corrected chi connectivity index (χ2v) is 6.04. The van der Waals surface area contributed by atoms with Crippen LogP contribution in [0, 0.1) is 5.92 Å². The lowest BCUT2D eigenvalue weighted by Gasteiger charge is -2.19. The van der Waals surface area contributed by atoms with Gasteiger partial charge >= 0.3 is 0 Å². The lowest BCUT2D eigenvalue weighted by molar-refractivity contribution is 0.305. The molecule has 0 amide bonds. The summed E-state index contributed by atoms with van der Waals surface area (Å²) in [6.45, 7) is 0. The third-order valence-electron chi connectivity index (χ3n) is 4.32. The normalized spacial score (nSPS) is 20.4. The molecule has 0 atom stereocenters. The molecule has 2 saturated carbocycles. The Morgan fingerprint density at radius 1 is 1.00 bits per heavy atom. The first-order valence-corrected chi connectivity index (χ1v) is 7.64. The summed E-state index contributed by atoms with van der Waals surface area (Å²) in [5.74, 6) is 4.02. The van der Waals surface area contributed by atoms with Gasteiger partial charge in [-0.25, -0.2) is 4.98 Å². The van der Waals surface area contributed by atoms with E-state index in [-0.39, 0.29) is 0 Å². The summed E-state index contributed by atoms with van der Waals surface area (Å²) in [4.78, 5) is 8.90. The molecule has 0 spiro atoms. The van der Waals surface area contributed by atoms with E-state index in [0.717, 1.165) is 18.1 Å². The Bertz CT molecular complexity index is 580. The molecule has 2 aromatic rings. The van der Waals surface area contributed by atoms with Gasteiger partial charge in [0, 0.05) is 12.3 Å². The summed E-state index contributed by atoms with van der Waals surface area (Å²) in [7, 11) is 0. The molecule has 2 fully saturated rings. The lowest BCUT2D eigenvalue weighted by Crippen LogP contribution is -2.09. The van der Waals surface area contributed by atoms with E-state index in [0.29, 0.717) is 23.5 Å². The maximum absolute atomic E-state index is 5.35. The molecular formula is C14H19N5O. The van der Waals surface area contributed by atoms with Gasteiger partial charge in [-0.3, -0.25) is 5.10 Å². The molecule has 2 aromatic heterocycles. The minimum atomic E-state index is 0.513. The lowest BCUT2D eigenvalue weighted by atomic mass is 9.87. The van der Waals surface area contributed by atoms with Crippen LogP contribution in [0.2, 0.25) is 0 Å². The fourth-order valence-corrected chi connectivity index (χ4v) is 2.98. The van der Waals surface area contributed by atoms with Gasteiger partial charge in [0.25, 0.3) is 0 Å². The number of nitrogens with zero attached hydrogens (tertiary/aromatic N) is 4. The van der Waals surface area contributed by atoms with E-state index < -0.39 is 0 Å². The van der Waals surface area contributed by atoms with Gasteiger partial charge in [0.1, 0.15) is 5.82 Å². The first kappa shape index (κ1) is 12.1. The summed E-state index contributed by atoms with van der Waals surface area (Å²) < 4.78 is 5.35. The molecule has 106 valence electrons. The monoisotopic (exact) mass is 273 g/mol. The molecule has 1 N–H and O–H groups in total. The van der Waals surface area contributed by atoms with Crippen molar-refractivity contribution in [3.63, 3.8) is 0 Å². The average molecular weight is 273 g/mol. The zero-order valence-electron chi connectivity index (χ0n) is 11.5. The quantitative estimate of drug-likeness (QED) is 0.926. The van der Waals surface area contributed by atoms with E-state index in [1.165, 1.54) is 44.9 Å². The van der Waals surface area contributed by atoms with Crippen molar-refractivity contribution in [2.24, 2.45) is 5.92 Å². The molecule has 0 aromatic carbocycles. The molecule has 6 nitrogen and oxygen atoms in total. The number of hydrogen-bond donors (Lipinski definition) is 1. The average Bonchev–Trinajstić information content (AvgIpc) is 3.03. The number of rotatable bonds is 4. The molecule has 2 aliphatic carbocycles. The Labute approximate surface area is 117 Å². The number of H-pyrrole nitrogens is 1. The topological polar surface area (TPSA) is 80.5 Å². The van der Waals surface area contributed by atoms with Crippen molar-refractivity contribution in [1.29, 1.82) is 0 Å². The van der Waals surface area contributed by atoms with E-state index >= 15 is 0 Å². The van der Waals surface area contributed by atoms with Crippen LogP contribution in [-0.2, 0) is 6.42 Å². The number of aromatic amines is 1. The van der Waals surface area contributed by atoms with E-state index in [1.54, 1.807) is 0 Å². The minimum Gasteiger partial charge on any atom is -0.339 e. The number of hydrogen-bond acceptors (Lipinski definition) is 5. The zero-order valence-corrected chi connectivity index (χ0v) is 11.5. The van der Waals surface area contributed by atoms with Crippen LogP contribution < -0.4 is 0 Å². The first-order valence-electron chi connectivity index (χ1n) is 7.64. The maximum atomic E-state index is 5.35. The molecule has 0 unspecified atom stereocenters. The molecule has 0 saturated heterocycles. The van der Waals surface area contributed by atoms with Crippen molar-refractivity contribution in [2.75, 3.05) is 0 Å². The van der Waals surface area contributed by atoms with Gasteiger partial charge in [0.2, 0.25) is 17.5 Å². The third kappa shape index (κ3) is 2.46. The highest BCUT2D eigenvalue weighted by molar-refractivity contribution is 5.41. The SMILES string of the molecule is C1CCC(Cc2nc(-c3n[nH]c(C4CC4)n3)no2)CC1. The summed E-state index contributed by atoms with van der Waals surface area (Å²) in [5.41, 5.74) is 0. The molecule has 4 rings (SSSR count). The van der Waals surface area contributed by atoms with Crippen LogP contribution in [0.3, 0.4) is 0 Å². The van der Waals surface area contributed by atoms with Crippen molar-refractivity contribution in [3.8, 4) is 11.6 Å². The zero-order chi connectivity index (χ0) is 13.4. The Morgan fingerprint density at radius 3 is 2.65 bits per heavy atom. The number of aromatic nitrogens is 5. The molecule has 2 heterocycles. The maximum Gasteiger partial charge on any atom is 0.242 e. The van der Waals surface area contributed by atoms with Gasteiger partial charge < -0.3 is 4.52 Å². The van der Waals surface area contributed by atoms with Crippen molar-refractivity contribution in [1.82, 2.24) is 25.3 Å². The molecule has 20 heavy (non-hydrogen) atoms. The number of nitrogens with one attached hydrogen (secondary N) is 1. The largest absolute Gasteiger partial charge is 0.339 e. The van der Waals surface area contributed by atoms with Gasteiger partial charge in [-0.2, -0.15) is 4.98 Å². The Hall–Kier alpha value is -1.72. The summed E-state index contributed by atoms with van der Waals surface area (Å²) >= 11 is 0. The second-order valence-electron chi connectivity index (χ2n) is 6.04. The van der Waals surface area contributed by atoms with Gasteiger partial charge in [-0.15, -0.1) is 5.10 Å². The van der Waals surface area contributed by atoms with E-state index in [4.69, 9.17) is 4.52 Å². The minimum absolute atomic E-state index is 0.513. The smallest absolute Gasteiger partial charge is 0.242 e. The van der Waals surface area contributed by atoms with Crippen LogP contribution in [-0.4, -0.2) is 25.3 Å². The Balaban J connectivity index is 1.45. The Morgan fingerprint density at radius 2 is 1.85 bits per heavy atom. The molecule has 6 heteroatoms. The highest BCUT2D eigenvalue weighted by Crippen LogP contribution is 2.38. The van der Waals surface area contributed by atoms with Gasteiger partial charge in [0.15, 0.2) is 0 Å². The molecular weight excluding hydrogens is 254 g/mol. The molecule has 2 aliphatic rings. The predicted octanol–water partition coefficient (Wildman–Crippen LogP) is 2.85. The van der Waals surface area contributed by atoms with Gasteiger partial charge in [-0.05, 0) is 31.6 Å². The Kier molecular flexibility index (Phi) is 3.01. The van der Waals surface area contributed by atoms with E-state index in [9.17, 15) is 0 Å². The van der Waals surface area contributed by atoms with Crippen LogP contribution in [0.4, 0.5) is 0 Å². The fraction of sp³-hybridized carbons (Fsp3) is 0.714. The summed E-state index contributed by atoms with van der Waals surface area (Å²) in [6, 6.07) is 0. The van der Waals surface area contributed by atoms with Crippen molar-refractivity contribution < 1.29 is 4.52 Å². The standard InChI is InChI=1S/C14H19N5O/c1-2-4-9(5-3-1)8-11-15-14(19-20-11)13-16-12(17-18-13)10-6-7-10/h9-10H,1-8H2,(H,16,17,18). The first-order chi connectivity index (χ1) is 9.88. The summed E-state index contributed by atoms with van der Waals surface area (Å²) in [5, 5.41) is 11.2. The van der Waals surface area contributed by atoms with Gasteiger partial charge in [0.05, 0.1) is 0 Å². The molecule has 0 radical (unpaired) electrons. The van der Waals surface area contributed by atoms with E-state index in [2.05, 4.69) is 25.3 Å². The van der Waals surface area contributed by atoms with Crippen molar-refractivity contribution in [3.05, 3.63) is 11.7 Å². The second kappa shape index (κ2) is 5.00. The van der Waals surface area contributed by atoms with Crippen LogP contribution in [0.15, 0.2) is 4.52 Å². The fourth-order valence-electron chi connectivity index (χ4n) is 2.98. The molecule has 0 aliphatic heterocycles. The van der Waals surface area contributed by atoms with Crippen molar-refractivity contribution >= 4 is 0 Å². The summed E-state index contributed by atoms with van der Waals surface area (Å²) in [6.07, 6.45) is 9.89. The van der Waals surface area contributed by atoms with Crippen molar-refractivity contribution in [2.45, 2.75) is 57.3 Å². The van der Waals surface area contributed by atoms with Crippen LogP contribution >= 0.6 is 0 Å². The predicted molar refractivity (Wildman–Crippen MR) is 71.9 cm³/mol. The van der Waals surface area contributed by atoms with E-state index in [1.807, 2.05) is 0 Å².